The standard InChI is InChI=1S/C30H32ClFN2O5S/c1-3-39-22-11-7-10-21(15-22)34-18-28(19-8-5-4-6-9-19)33(2)40(37,38)29-16-23(25(31)17-27(29)34)20-12-13-26(32)24(14-20)30(35)36/h7,10-17,19,28H,3-6,8-9,18H2,1-2H3,(H,35,36)/t28-/m0/s1. The normalized spacial score (nSPS) is 19.6. The first-order chi connectivity index (χ1) is 19.1. The molecule has 1 heterocycles. The van der Waals surface area contributed by atoms with Crippen LogP contribution in [0.1, 0.15) is 49.4 Å². The molecule has 7 nitrogen and oxygen atoms in total. The Morgan fingerprint density at radius 2 is 1.85 bits per heavy atom. The van der Waals surface area contributed by atoms with Crippen molar-refractivity contribution in [2.75, 3.05) is 25.1 Å². The lowest BCUT2D eigenvalue weighted by atomic mass is 9.83. The Hall–Kier alpha value is -3.14. The van der Waals surface area contributed by atoms with Crippen LogP contribution in [0.4, 0.5) is 15.8 Å². The maximum atomic E-state index is 14.2. The van der Waals surface area contributed by atoms with Crippen LogP contribution in [-0.4, -0.2) is 50.0 Å². The number of aromatic carboxylic acids is 1. The molecule has 1 saturated carbocycles. The Kier molecular flexibility index (Phi) is 8.08. The lowest BCUT2D eigenvalue weighted by Gasteiger charge is -2.37. The fourth-order valence-electron chi connectivity index (χ4n) is 5.89. The number of fused-ring (bicyclic) bond motifs is 1. The number of carboxylic acid groups (broad SMARTS) is 1. The van der Waals surface area contributed by atoms with Crippen molar-refractivity contribution in [1.29, 1.82) is 0 Å². The molecule has 40 heavy (non-hydrogen) atoms. The zero-order valence-corrected chi connectivity index (χ0v) is 24.0. The molecule has 0 radical (unpaired) electrons. The third kappa shape index (κ3) is 5.30. The number of halogens is 2. The fraction of sp³-hybridized carbons (Fsp3) is 0.367. The molecular formula is C30H32ClFN2O5S. The minimum Gasteiger partial charge on any atom is -0.494 e. The minimum absolute atomic E-state index is 0.0516. The van der Waals surface area contributed by atoms with Gasteiger partial charge in [-0.05, 0) is 67.6 Å². The van der Waals surface area contributed by atoms with Crippen molar-refractivity contribution in [2.24, 2.45) is 5.92 Å². The van der Waals surface area contributed by atoms with Crippen LogP contribution in [0.3, 0.4) is 0 Å². The first-order valence-electron chi connectivity index (χ1n) is 13.5. The summed E-state index contributed by atoms with van der Waals surface area (Å²) in [6.07, 6.45) is 5.18. The fourth-order valence-corrected chi connectivity index (χ4v) is 7.76. The van der Waals surface area contributed by atoms with Crippen molar-refractivity contribution in [3.63, 3.8) is 0 Å². The summed E-state index contributed by atoms with van der Waals surface area (Å²) in [5.41, 5.74) is 1.29. The summed E-state index contributed by atoms with van der Waals surface area (Å²) in [4.78, 5) is 13.6. The van der Waals surface area contributed by atoms with E-state index in [1.54, 1.807) is 13.1 Å². The van der Waals surface area contributed by atoms with Gasteiger partial charge in [-0.3, -0.25) is 0 Å². The van der Waals surface area contributed by atoms with Gasteiger partial charge in [0.1, 0.15) is 16.5 Å². The number of benzene rings is 3. The quantitative estimate of drug-likeness (QED) is 0.336. The lowest BCUT2D eigenvalue weighted by molar-refractivity contribution is 0.0692. The van der Waals surface area contributed by atoms with E-state index in [0.717, 1.165) is 43.9 Å². The third-order valence-corrected chi connectivity index (χ3v) is 10.2. The highest BCUT2D eigenvalue weighted by Crippen LogP contribution is 2.45. The number of ether oxygens (including phenoxy) is 1. The molecule has 2 aliphatic rings. The molecule has 0 saturated heterocycles. The van der Waals surface area contributed by atoms with E-state index >= 15 is 0 Å². The van der Waals surface area contributed by atoms with Gasteiger partial charge in [0.15, 0.2) is 0 Å². The first kappa shape index (κ1) is 28.4. The van der Waals surface area contributed by atoms with Crippen molar-refractivity contribution >= 4 is 39.0 Å². The summed E-state index contributed by atoms with van der Waals surface area (Å²) in [5, 5.41) is 9.66. The predicted octanol–water partition coefficient (Wildman–Crippen LogP) is 6.96. The first-order valence-corrected chi connectivity index (χ1v) is 15.3. The third-order valence-electron chi connectivity index (χ3n) is 7.98. The van der Waals surface area contributed by atoms with E-state index in [0.29, 0.717) is 35.7 Å². The minimum atomic E-state index is -3.99. The van der Waals surface area contributed by atoms with Crippen LogP contribution in [0, 0.1) is 11.7 Å². The van der Waals surface area contributed by atoms with Gasteiger partial charge in [0.2, 0.25) is 10.0 Å². The number of anilines is 2. The Balaban J connectivity index is 1.71. The Morgan fingerprint density at radius 3 is 2.55 bits per heavy atom. The highest BCUT2D eigenvalue weighted by molar-refractivity contribution is 7.89. The van der Waals surface area contributed by atoms with Crippen molar-refractivity contribution in [3.05, 3.63) is 71.0 Å². The Bertz CT molecular complexity index is 1540. The molecule has 3 aromatic rings. The second kappa shape index (κ2) is 11.4. The number of hydrogen-bond acceptors (Lipinski definition) is 5. The molecule has 5 rings (SSSR count). The van der Waals surface area contributed by atoms with Gasteiger partial charge in [-0.2, -0.15) is 4.31 Å². The highest BCUT2D eigenvalue weighted by Gasteiger charge is 2.41. The molecule has 10 heteroatoms. The van der Waals surface area contributed by atoms with Crippen LogP contribution < -0.4 is 9.64 Å². The van der Waals surface area contributed by atoms with Crippen molar-refractivity contribution in [3.8, 4) is 16.9 Å². The van der Waals surface area contributed by atoms with Crippen LogP contribution in [0.2, 0.25) is 5.02 Å². The predicted molar refractivity (Wildman–Crippen MR) is 154 cm³/mol. The summed E-state index contributed by atoms with van der Waals surface area (Å²) in [6.45, 7) is 2.83. The molecule has 3 aromatic carbocycles. The SMILES string of the molecule is CCOc1cccc(N2C[C@@H](C3CCCCC3)N(C)S(=O)(=O)c3cc(-c4ccc(F)c(C(=O)O)c4)c(Cl)cc32)c1. The van der Waals surface area contributed by atoms with E-state index in [-0.39, 0.29) is 21.9 Å². The van der Waals surface area contributed by atoms with E-state index in [1.807, 2.05) is 36.1 Å². The van der Waals surface area contributed by atoms with E-state index in [4.69, 9.17) is 16.3 Å². The molecule has 0 bridgehead atoms. The second-order valence-corrected chi connectivity index (χ2v) is 12.7. The van der Waals surface area contributed by atoms with Crippen LogP contribution >= 0.6 is 11.6 Å². The number of likely N-dealkylation sites (N-methyl/N-ethyl adjacent to an activating group) is 1. The number of carbonyl (C=O) groups is 1. The van der Waals surface area contributed by atoms with Crippen molar-refractivity contribution in [1.82, 2.24) is 4.31 Å². The average Bonchev–Trinajstić information content (AvgIpc) is 3.01. The summed E-state index contributed by atoms with van der Waals surface area (Å²) in [5.74, 6) is -1.43. The average molecular weight is 587 g/mol. The molecule has 0 amide bonds. The van der Waals surface area contributed by atoms with E-state index in [9.17, 15) is 22.7 Å². The monoisotopic (exact) mass is 586 g/mol. The number of carboxylic acids is 1. The molecule has 1 atom stereocenters. The van der Waals surface area contributed by atoms with Crippen LogP contribution in [0.5, 0.6) is 5.75 Å². The Labute approximate surface area is 239 Å². The lowest BCUT2D eigenvalue weighted by Crippen LogP contribution is -2.46. The number of sulfonamides is 1. The second-order valence-electron chi connectivity index (χ2n) is 10.3. The summed E-state index contributed by atoms with van der Waals surface area (Å²) in [7, 11) is -2.36. The van der Waals surface area contributed by atoms with Crippen molar-refractivity contribution < 1.29 is 27.4 Å². The molecule has 0 spiro atoms. The van der Waals surface area contributed by atoms with Gasteiger partial charge in [0.05, 0.1) is 22.9 Å². The van der Waals surface area contributed by atoms with Gasteiger partial charge < -0.3 is 14.7 Å². The largest absolute Gasteiger partial charge is 0.494 e. The molecule has 212 valence electrons. The van der Waals surface area contributed by atoms with Gasteiger partial charge >= 0.3 is 5.97 Å². The number of nitrogens with zero attached hydrogens (tertiary/aromatic N) is 2. The molecule has 1 aliphatic carbocycles. The van der Waals surface area contributed by atoms with Gasteiger partial charge in [-0.15, -0.1) is 0 Å². The highest BCUT2D eigenvalue weighted by atomic mass is 35.5. The molecule has 1 aliphatic heterocycles. The van der Waals surface area contributed by atoms with Crippen LogP contribution in [-0.2, 0) is 10.0 Å². The van der Waals surface area contributed by atoms with Gasteiger partial charge in [-0.1, -0.05) is 43.0 Å². The molecule has 0 unspecified atom stereocenters. The van der Waals surface area contributed by atoms with E-state index in [2.05, 4.69) is 0 Å². The maximum absolute atomic E-state index is 14.2. The smallest absolute Gasteiger partial charge is 0.338 e. The number of hydrogen-bond donors (Lipinski definition) is 1. The Morgan fingerprint density at radius 1 is 1.10 bits per heavy atom. The number of rotatable bonds is 6. The summed E-state index contributed by atoms with van der Waals surface area (Å²) < 4.78 is 49.8. The zero-order valence-electron chi connectivity index (χ0n) is 22.4. The summed E-state index contributed by atoms with van der Waals surface area (Å²) >= 11 is 6.77. The van der Waals surface area contributed by atoms with Gasteiger partial charge in [0.25, 0.3) is 0 Å². The molecule has 1 N–H and O–H groups in total. The topological polar surface area (TPSA) is 87.2 Å². The summed E-state index contributed by atoms with van der Waals surface area (Å²) in [6, 6.07) is 14.0. The zero-order chi connectivity index (χ0) is 28.6. The van der Waals surface area contributed by atoms with Crippen LogP contribution in [0.15, 0.2) is 59.5 Å². The molecular weight excluding hydrogens is 555 g/mol. The van der Waals surface area contributed by atoms with Crippen LogP contribution in [0.25, 0.3) is 11.1 Å². The molecule has 0 aromatic heterocycles. The maximum Gasteiger partial charge on any atom is 0.338 e. The van der Waals surface area contributed by atoms with Crippen molar-refractivity contribution in [2.45, 2.75) is 50.0 Å². The van der Waals surface area contributed by atoms with E-state index < -0.39 is 27.4 Å². The van der Waals surface area contributed by atoms with Gasteiger partial charge in [-0.25, -0.2) is 17.6 Å². The molecule has 1 fully saturated rings. The van der Waals surface area contributed by atoms with E-state index in [1.165, 1.54) is 22.5 Å². The van der Waals surface area contributed by atoms with Gasteiger partial charge in [0, 0.05) is 37.0 Å².